The first-order valence-electron chi connectivity index (χ1n) is 8.76. The van der Waals surface area contributed by atoms with Gasteiger partial charge in [-0.05, 0) is 30.3 Å². The predicted octanol–water partition coefficient (Wildman–Crippen LogP) is 2.66. The third kappa shape index (κ3) is 3.27. The summed E-state index contributed by atoms with van der Waals surface area (Å²) in [6.45, 7) is 0.288. The standard InChI is InChI=1S/C19H17F3N6/c20-13-2-4-15-16(7-13)28(10-14-3-1-12(8-23)9-25-14)18(26-15)27-6-5-19(21,22)17(24)11-27/h1-4,7,9,17H,5-6,10-11,24H2. The van der Waals surface area contributed by atoms with E-state index in [1.807, 2.05) is 6.07 Å². The van der Waals surface area contributed by atoms with Crippen LogP contribution in [0.4, 0.5) is 19.1 Å². The number of alkyl halides is 2. The van der Waals surface area contributed by atoms with E-state index in [0.717, 1.165) is 0 Å². The number of nitrogens with zero attached hydrogens (tertiary/aromatic N) is 5. The maximum Gasteiger partial charge on any atom is 0.266 e. The zero-order chi connectivity index (χ0) is 19.9. The van der Waals surface area contributed by atoms with Gasteiger partial charge in [-0.1, -0.05) is 0 Å². The largest absolute Gasteiger partial charge is 0.340 e. The van der Waals surface area contributed by atoms with Crippen molar-refractivity contribution >= 4 is 17.0 Å². The molecule has 28 heavy (non-hydrogen) atoms. The molecule has 1 aromatic carbocycles. The molecule has 2 aromatic heterocycles. The number of halogens is 3. The molecule has 9 heteroatoms. The highest BCUT2D eigenvalue weighted by molar-refractivity contribution is 5.79. The number of benzene rings is 1. The summed E-state index contributed by atoms with van der Waals surface area (Å²) in [7, 11) is 0. The van der Waals surface area contributed by atoms with Crippen molar-refractivity contribution in [3.05, 3.63) is 53.6 Å². The van der Waals surface area contributed by atoms with E-state index in [1.165, 1.54) is 18.3 Å². The molecule has 2 N–H and O–H groups in total. The highest BCUT2D eigenvalue weighted by Crippen LogP contribution is 2.32. The van der Waals surface area contributed by atoms with E-state index in [2.05, 4.69) is 9.97 Å². The summed E-state index contributed by atoms with van der Waals surface area (Å²) in [4.78, 5) is 10.5. The van der Waals surface area contributed by atoms with Crippen LogP contribution in [0.3, 0.4) is 0 Å². The molecule has 0 bridgehead atoms. The molecule has 0 spiro atoms. The normalized spacial score (nSPS) is 19.0. The molecule has 0 saturated carbocycles. The lowest BCUT2D eigenvalue weighted by Gasteiger charge is -2.37. The van der Waals surface area contributed by atoms with Crippen LogP contribution >= 0.6 is 0 Å². The number of rotatable bonds is 3. The number of nitriles is 1. The number of imidazole rings is 1. The lowest BCUT2D eigenvalue weighted by molar-refractivity contribution is -0.0395. The molecule has 4 rings (SSSR count). The van der Waals surface area contributed by atoms with Crippen molar-refractivity contribution in [3.63, 3.8) is 0 Å². The Labute approximate surface area is 159 Å². The van der Waals surface area contributed by atoms with Crippen molar-refractivity contribution in [2.24, 2.45) is 5.73 Å². The zero-order valence-electron chi connectivity index (χ0n) is 14.8. The molecule has 0 amide bonds. The van der Waals surface area contributed by atoms with Gasteiger partial charge in [0, 0.05) is 25.7 Å². The smallest absolute Gasteiger partial charge is 0.266 e. The van der Waals surface area contributed by atoms with Crippen LogP contribution in [0, 0.1) is 17.1 Å². The Balaban J connectivity index is 1.75. The highest BCUT2D eigenvalue weighted by Gasteiger charge is 2.42. The van der Waals surface area contributed by atoms with Gasteiger partial charge < -0.3 is 15.2 Å². The zero-order valence-corrected chi connectivity index (χ0v) is 14.8. The van der Waals surface area contributed by atoms with Crippen LogP contribution in [0.5, 0.6) is 0 Å². The molecule has 1 aliphatic heterocycles. The molecule has 144 valence electrons. The third-order valence-electron chi connectivity index (χ3n) is 4.92. The summed E-state index contributed by atoms with van der Waals surface area (Å²) in [5.74, 6) is -2.90. The maximum atomic E-state index is 13.8. The van der Waals surface area contributed by atoms with E-state index < -0.39 is 17.8 Å². The van der Waals surface area contributed by atoms with E-state index in [0.29, 0.717) is 28.2 Å². The first kappa shape index (κ1) is 18.3. The van der Waals surface area contributed by atoms with Crippen molar-refractivity contribution in [3.8, 4) is 6.07 Å². The second-order valence-corrected chi connectivity index (χ2v) is 6.84. The van der Waals surface area contributed by atoms with E-state index in [4.69, 9.17) is 11.0 Å². The average Bonchev–Trinajstić information content (AvgIpc) is 3.02. The van der Waals surface area contributed by atoms with Crippen LogP contribution in [0.1, 0.15) is 17.7 Å². The minimum Gasteiger partial charge on any atom is -0.340 e. The minimum absolute atomic E-state index is 0.0559. The summed E-state index contributed by atoms with van der Waals surface area (Å²) in [5, 5.41) is 8.91. The Morgan fingerprint density at radius 3 is 2.79 bits per heavy atom. The van der Waals surface area contributed by atoms with Crippen molar-refractivity contribution in [2.75, 3.05) is 18.0 Å². The molecule has 1 saturated heterocycles. The van der Waals surface area contributed by atoms with E-state index in [1.54, 1.807) is 27.7 Å². The molecule has 0 aliphatic carbocycles. The number of pyridine rings is 1. The van der Waals surface area contributed by atoms with Crippen molar-refractivity contribution in [1.82, 2.24) is 14.5 Å². The maximum absolute atomic E-state index is 13.8. The third-order valence-corrected chi connectivity index (χ3v) is 4.92. The van der Waals surface area contributed by atoms with Crippen LogP contribution in [-0.4, -0.2) is 39.6 Å². The summed E-state index contributed by atoms with van der Waals surface area (Å²) < 4.78 is 43.2. The number of aromatic nitrogens is 3. The predicted molar refractivity (Wildman–Crippen MR) is 97.5 cm³/mol. The van der Waals surface area contributed by atoms with Gasteiger partial charge in [-0.15, -0.1) is 0 Å². The quantitative estimate of drug-likeness (QED) is 0.748. The molecular formula is C19H17F3N6. The number of hydrogen-bond donors (Lipinski definition) is 1. The van der Waals surface area contributed by atoms with Crippen molar-refractivity contribution in [2.45, 2.75) is 24.9 Å². The molecular weight excluding hydrogens is 369 g/mol. The molecule has 1 unspecified atom stereocenters. The molecule has 3 heterocycles. The lowest BCUT2D eigenvalue weighted by atomic mass is 10.0. The van der Waals surface area contributed by atoms with Gasteiger partial charge in [-0.2, -0.15) is 5.26 Å². The molecule has 6 nitrogen and oxygen atoms in total. The number of fused-ring (bicyclic) bond motifs is 1. The van der Waals surface area contributed by atoms with Crippen molar-refractivity contribution in [1.29, 1.82) is 5.26 Å². The Hall–Kier alpha value is -3.12. The summed E-state index contributed by atoms with van der Waals surface area (Å²) >= 11 is 0. The highest BCUT2D eigenvalue weighted by atomic mass is 19.3. The van der Waals surface area contributed by atoms with Gasteiger partial charge in [-0.3, -0.25) is 4.98 Å². The van der Waals surface area contributed by atoms with Gasteiger partial charge in [0.05, 0.1) is 34.9 Å². The summed E-state index contributed by atoms with van der Waals surface area (Å²) in [6, 6.07) is 8.24. The fourth-order valence-electron chi connectivity index (χ4n) is 3.34. The number of nitrogens with two attached hydrogens (primary N) is 1. The molecule has 1 atom stereocenters. The van der Waals surface area contributed by atoms with Gasteiger partial charge in [0.1, 0.15) is 11.9 Å². The van der Waals surface area contributed by atoms with Gasteiger partial charge in [0.2, 0.25) is 5.95 Å². The molecule has 1 aliphatic rings. The molecule has 3 aromatic rings. The molecule has 0 radical (unpaired) electrons. The minimum atomic E-state index is -2.92. The SMILES string of the molecule is N#Cc1ccc(Cn2c(N3CCC(F)(F)C(N)C3)nc3ccc(F)cc32)nc1. The van der Waals surface area contributed by atoms with Crippen LogP contribution in [0.15, 0.2) is 36.5 Å². The topological polar surface area (TPSA) is 83.8 Å². The first-order chi connectivity index (χ1) is 13.4. The van der Waals surface area contributed by atoms with E-state index in [9.17, 15) is 13.2 Å². The Bertz CT molecular complexity index is 1050. The first-order valence-corrected chi connectivity index (χ1v) is 8.76. The fourth-order valence-corrected chi connectivity index (χ4v) is 3.34. The number of piperidine rings is 1. The lowest BCUT2D eigenvalue weighted by Crippen LogP contribution is -2.55. The van der Waals surface area contributed by atoms with Crippen LogP contribution < -0.4 is 10.6 Å². The monoisotopic (exact) mass is 386 g/mol. The van der Waals surface area contributed by atoms with Crippen molar-refractivity contribution < 1.29 is 13.2 Å². The van der Waals surface area contributed by atoms with Gasteiger partial charge in [0.15, 0.2) is 0 Å². The van der Waals surface area contributed by atoms with Crippen LogP contribution in [0.2, 0.25) is 0 Å². The van der Waals surface area contributed by atoms with Gasteiger partial charge >= 0.3 is 0 Å². The number of anilines is 1. The van der Waals surface area contributed by atoms with Crippen LogP contribution in [-0.2, 0) is 6.54 Å². The second-order valence-electron chi connectivity index (χ2n) is 6.84. The molecule has 1 fully saturated rings. The summed E-state index contributed by atoms with van der Waals surface area (Å²) in [5.41, 5.74) is 7.81. The fraction of sp³-hybridized carbons (Fsp3) is 0.316. The number of hydrogen-bond acceptors (Lipinski definition) is 5. The van der Waals surface area contributed by atoms with E-state index >= 15 is 0 Å². The second kappa shape index (κ2) is 6.80. The van der Waals surface area contributed by atoms with Gasteiger partial charge in [0.25, 0.3) is 5.92 Å². The van der Waals surface area contributed by atoms with Gasteiger partial charge in [-0.25, -0.2) is 18.2 Å². The van der Waals surface area contributed by atoms with Crippen LogP contribution in [0.25, 0.3) is 11.0 Å². The Morgan fingerprint density at radius 2 is 2.11 bits per heavy atom. The average molecular weight is 386 g/mol. The Kier molecular flexibility index (Phi) is 4.43. The summed E-state index contributed by atoms with van der Waals surface area (Å²) in [6.07, 6.45) is 1.08. The van der Waals surface area contributed by atoms with E-state index in [-0.39, 0.29) is 26.1 Å². The Morgan fingerprint density at radius 1 is 1.29 bits per heavy atom.